The first-order valence-corrected chi connectivity index (χ1v) is 13.5. The summed E-state index contributed by atoms with van der Waals surface area (Å²) >= 11 is 0. The van der Waals surface area contributed by atoms with Crippen molar-refractivity contribution in [1.82, 2.24) is 0 Å². The molecule has 2 aliphatic rings. The predicted molar refractivity (Wildman–Crippen MR) is 159 cm³/mol. The summed E-state index contributed by atoms with van der Waals surface area (Å²) in [7, 11) is 0. The van der Waals surface area contributed by atoms with Gasteiger partial charge in [0.25, 0.3) is 0 Å². The van der Waals surface area contributed by atoms with Crippen molar-refractivity contribution >= 4 is 16.8 Å². The molecule has 1 heterocycles. The fourth-order valence-corrected chi connectivity index (χ4v) is 6.73. The minimum atomic E-state index is -0.719. The topological polar surface area (TPSA) is 9.23 Å². The average molecular weight is 493 g/mol. The number of rotatable bonds is 2. The molecule has 1 aliphatic carbocycles. The van der Waals surface area contributed by atoms with Crippen molar-refractivity contribution in [3.8, 4) is 16.9 Å². The van der Waals surface area contributed by atoms with Crippen molar-refractivity contribution in [2.75, 3.05) is 0 Å². The molecule has 0 unspecified atom stereocenters. The van der Waals surface area contributed by atoms with Crippen LogP contribution >= 0.6 is 0 Å². The highest BCUT2D eigenvalue weighted by atomic mass is 16.5. The quantitative estimate of drug-likeness (QED) is 0.238. The third-order valence-electron chi connectivity index (χ3n) is 9.42. The molecule has 5 aromatic carbocycles. The first-order chi connectivity index (χ1) is 18.4. The van der Waals surface area contributed by atoms with E-state index in [1.165, 1.54) is 38.6 Å². The Morgan fingerprint density at radius 1 is 0.553 bits per heavy atom. The molecule has 0 fully saturated rings. The zero-order valence-corrected chi connectivity index (χ0v) is 22.5. The lowest BCUT2D eigenvalue weighted by Gasteiger charge is -2.50. The van der Waals surface area contributed by atoms with Gasteiger partial charge >= 0.3 is 0 Å². The molecule has 1 nitrogen and oxygen atoms in total. The number of ether oxygens (including phenoxy) is 1. The van der Waals surface area contributed by atoms with Crippen molar-refractivity contribution in [3.63, 3.8) is 0 Å². The van der Waals surface area contributed by atoms with Crippen LogP contribution in [0.25, 0.3) is 28.0 Å². The third kappa shape index (κ3) is 2.93. The number of fused-ring (bicyclic) bond motifs is 8. The van der Waals surface area contributed by atoms with Crippen LogP contribution in [0.1, 0.15) is 55.5 Å². The van der Waals surface area contributed by atoms with Crippen molar-refractivity contribution in [2.24, 2.45) is 0 Å². The normalized spacial score (nSPS) is 17.7. The van der Waals surface area contributed by atoms with E-state index in [9.17, 15) is 0 Å². The van der Waals surface area contributed by atoms with Crippen molar-refractivity contribution < 1.29 is 4.74 Å². The maximum atomic E-state index is 7.46. The molecule has 0 atom stereocenters. The van der Waals surface area contributed by atoms with Gasteiger partial charge in [0.15, 0.2) is 5.60 Å². The summed E-state index contributed by atoms with van der Waals surface area (Å²) in [6, 6.07) is 39.1. The molecule has 5 aromatic rings. The fraction of sp³-hybridized carbons (Fsp3) is 0.189. The maximum absolute atomic E-state index is 7.46. The van der Waals surface area contributed by atoms with Gasteiger partial charge in [0.05, 0.1) is 0 Å². The zero-order valence-electron chi connectivity index (χ0n) is 22.5. The SMILES string of the molecule is CC1(C)c2ccccc2-c2c(c3c(c4ccccc24)C=CC(c2ccccc2)(c2ccccc2)O3)C1(C)C. The summed E-state index contributed by atoms with van der Waals surface area (Å²) in [5.74, 6) is 1.00. The van der Waals surface area contributed by atoms with Crippen molar-refractivity contribution in [1.29, 1.82) is 0 Å². The van der Waals surface area contributed by atoms with Crippen LogP contribution in [0.3, 0.4) is 0 Å². The van der Waals surface area contributed by atoms with Gasteiger partial charge in [-0.1, -0.05) is 137 Å². The standard InChI is InChI=1S/C37H32O/c1-35(2)31-22-14-13-21-30(31)32-28-20-12-11-19-27(28)29-23-24-37(25-15-7-5-8-16-25,26-17-9-6-10-18-26)38-34(29)33(32)36(35,3)4/h5-24H,1-4H3. The van der Waals surface area contributed by atoms with Gasteiger partial charge in [-0.15, -0.1) is 0 Å². The molecular formula is C37H32O. The highest BCUT2D eigenvalue weighted by Crippen LogP contribution is 2.61. The third-order valence-corrected chi connectivity index (χ3v) is 9.42. The van der Waals surface area contributed by atoms with Crippen LogP contribution in [-0.2, 0) is 16.4 Å². The molecule has 0 aromatic heterocycles. The first kappa shape index (κ1) is 23.0. The number of benzene rings is 5. The number of hydrogen-bond acceptors (Lipinski definition) is 1. The smallest absolute Gasteiger partial charge is 0.178 e. The highest BCUT2D eigenvalue weighted by Gasteiger charge is 2.50. The second-order valence-corrected chi connectivity index (χ2v) is 11.7. The second-order valence-electron chi connectivity index (χ2n) is 11.7. The largest absolute Gasteiger partial charge is 0.473 e. The monoisotopic (exact) mass is 492 g/mol. The molecule has 7 rings (SSSR count). The van der Waals surface area contributed by atoms with Crippen LogP contribution in [0, 0.1) is 0 Å². The molecule has 0 spiro atoms. The van der Waals surface area contributed by atoms with Gasteiger partial charge in [0.1, 0.15) is 5.75 Å². The van der Waals surface area contributed by atoms with E-state index >= 15 is 0 Å². The van der Waals surface area contributed by atoms with Gasteiger partial charge in [-0.2, -0.15) is 0 Å². The van der Waals surface area contributed by atoms with Crippen LogP contribution in [0.15, 0.2) is 115 Å². The summed E-state index contributed by atoms with van der Waals surface area (Å²) in [5, 5.41) is 2.52. The van der Waals surface area contributed by atoms with Gasteiger partial charge in [-0.05, 0) is 45.0 Å². The highest BCUT2D eigenvalue weighted by molar-refractivity contribution is 6.07. The van der Waals surface area contributed by atoms with Crippen LogP contribution in [-0.4, -0.2) is 0 Å². The van der Waals surface area contributed by atoms with E-state index in [-0.39, 0.29) is 10.8 Å². The molecule has 0 radical (unpaired) electrons. The lowest BCUT2D eigenvalue weighted by atomic mass is 9.54. The van der Waals surface area contributed by atoms with E-state index < -0.39 is 5.60 Å². The van der Waals surface area contributed by atoms with E-state index in [0.717, 1.165) is 16.9 Å². The van der Waals surface area contributed by atoms with E-state index in [0.29, 0.717) is 0 Å². The van der Waals surface area contributed by atoms with Gasteiger partial charge in [-0.25, -0.2) is 0 Å². The summed E-state index contributed by atoms with van der Waals surface area (Å²) in [5.41, 5.74) is 7.74. The molecule has 1 heteroatoms. The van der Waals surface area contributed by atoms with Crippen molar-refractivity contribution in [2.45, 2.75) is 44.1 Å². The first-order valence-electron chi connectivity index (χ1n) is 13.5. The summed E-state index contributed by atoms with van der Waals surface area (Å²) in [6.07, 6.45) is 4.57. The Balaban J connectivity index is 1.63. The molecule has 0 amide bonds. The molecule has 0 bridgehead atoms. The van der Waals surface area contributed by atoms with E-state index in [1.54, 1.807) is 0 Å². The van der Waals surface area contributed by atoms with E-state index in [2.05, 4.69) is 149 Å². The number of hydrogen-bond donors (Lipinski definition) is 0. The Bertz CT molecular complexity index is 1680. The lowest BCUT2D eigenvalue weighted by Crippen LogP contribution is -2.45. The maximum Gasteiger partial charge on any atom is 0.178 e. The van der Waals surface area contributed by atoms with Crippen LogP contribution < -0.4 is 4.74 Å². The van der Waals surface area contributed by atoms with Crippen LogP contribution in [0.4, 0.5) is 0 Å². The Kier molecular flexibility index (Phi) is 4.82. The Morgan fingerprint density at radius 2 is 1.11 bits per heavy atom. The average Bonchev–Trinajstić information content (AvgIpc) is 2.96. The summed E-state index contributed by atoms with van der Waals surface area (Å²) in [6.45, 7) is 9.56. The Hall–Kier alpha value is -4.10. The van der Waals surface area contributed by atoms with Gasteiger partial charge in [0, 0.05) is 27.7 Å². The molecule has 1 aliphatic heterocycles. The minimum absolute atomic E-state index is 0.0977. The zero-order chi connectivity index (χ0) is 26.1. The molecule has 0 N–H and O–H groups in total. The molecule has 0 saturated carbocycles. The van der Waals surface area contributed by atoms with Crippen molar-refractivity contribution in [3.05, 3.63) is 143 Å². The molecule has 38 heavy (non-hydrogen) atoms. The molecule has 0 saturated heterocycles. The minimum Gasteiger partial charge on any atom is -0.473 e. The van der Waals surface area contributed by atoms with Gasteiger partial charge < -0.3 is 4.74 Å². The summed E-state index contributed by atoms with van der Waals surface area (Å²) < 4.78 is 7.46. The second kappa shape index (κ2) is 7.95. The van der Waals surface area contributed by atoms with Crippen LogP contribution in [0.2, 0.25) is 0 Å². The summed E-state index contributed by atoms with van der Waals surface area (Å²) in [4.78, 5) is 0. The van der Waals surface area contributed by atoms with Gasteiger partial charge in [-0.3, -0.25) is 0 Å². The lowest BCUT2D eigenvalue weighted by molar-refractivity contribution is 0.153. The van der Waals surface area contributed by atoms with Crippen LogP contribution in [0.5, 0.6) is 5.75 Å². The van der Waals surface area contributed by atoms with Gasteiger partial charge in [0.2, 0.25) is 0 Å². The Labute approximate surface area is 225 Å². The van der Waals surface area contributed by atoms with E-state index in [4.69, 9.17) is 4.74 Å². The predicted octanol–water partition coefficient (Wildman–Crippen LogP) is 9.42. The molecular weight excluding hydrogens is 460 g/mol. The Morgan fingerprint density at radius 3 is 1.76 bits per heavy atom. The fourth-order valence-electron chi connectivity index (χ4n) is 6.73. The van der Waals surface area contributed by atoms with E-state index in [1.807, 2.05) is 0 Å². The molecule has 186 valence electrons.